The molecule has 1 aromatic heterocycles. The molecule has 7 heteroatoms. The van der Waals surface area contributed by atoms with Crippen molar-refractivity contribution in [2.45, 2.75) is 12.5 Å². The van der Waals surface area contributed by atoms with Crippen LogP contribution in [-0.4, -0.2) is 65.6 Å². The number of carbonyl (C=O) groups excluding carboxylic acids is 2. The highest BCUT2D eigenvalue weighted by molar-refractivity contribution is 5.91. The van der Waals surface area contributed by atoms with Gasteiger partial charge in [0.15, 0.2) is 5.76 Å². The average Bonchev–Trinajstić information content (AvgIpc) is 3.41. The average molecular weight is 366 g/mol. The molecular formula is C20H22N4O3. The minimum absolute atomic E-state index is 0.0107. The molecule has 3 heterocycles. The maximum absolute atomic E-state index is 12.8. The molecule has 0 unspecified atom stereocenters. The highest BCUT2D eigenvalue weighted by Gasteiger charge is 2.30. The zero-order chi connectivity index (χ0) is 18.6. The maximum atomic E-state index is 12.8. The summed E-state index contributed by atoms with van der Waals surface area (Å²) in [7, 11) is 0. The van der Waals surface area contributed by atoms with Crippen LogP contribution in [-0.2, 0) is 4.79 Å². The van der Waals surface area contributed by atoms with Crippen LogP contribution in [0.2, 0.25) is 0 Å². The molecule has 140 valence electrons. The third-order valence-electron chi connectivity index (χ3n) is 5.02. The normalized spacial score (nSPS) is 20.2. The number of piperazine rings is 1. The van der Waals surface area contributed by atoms with Gasteiger partial charge in [-0.1, -0.05) is 30.3 Å². The molecule has 0 N–H and O–H groups in total. The Balaban J connectivity index is 1.32. The molecule has 7 nitrogen and oxygen atoms in total. The summed E-state index contributed by atoms with van der Waals surface area (Å²) >= 11 is 0. The van der Waals surface area contributed by atoms with Gasteiger partial charge in [-0.25, -0.2) is 5.01 Å². The molecule has 1 aromatic carbocycles. The number of rotatable bonds is 4. The first kappa shape index (κ1) is 17.5. The minimum atomic E-state index is -0.0979. The van der Waals surface area contributed by atoms with E-state index < -0.39 is 0 Å². The van der Waals surface area contributed by atoms with Crippen molar-refractivity contribution >= 4 is 18.0 Å². The Morgan fingerprint density at radius 3 is 2.52 bits per heavy atom. The molecular weight excluding hydrogens is 344 g/mol. The van der Waals surface area contributed by atoms with Crippen molar-refractivity contribution < 1.29 is 14.0 Å². The van der Waals surface area contributed by atoms with Gasteiger partial charge >= 0.3 is 0 Å². The standard InChI is InChI=1S/C20H22N4O3/c25-19(24-17(8-9-21-24)16-5-2-1-3-6-16)15-22-10-12-23(13-11-22)20(26)18-7-4-14-27-18/h1-7,9,14,17H,8,10-13,15H2/t17-/m0/s1. The first-order chi connectivity index (χ1) is 13.2. The van der Waals surface area contributed by atoms with E-state index >= 15 is 0 Å². The summed E-state index contributed by atoms with van der Waals surface area (Å²) in [5.74, 6) is 0.249. The lowest BCUT2D eigenvalue weighted by Crippen LogP contribution is -2.51. The van der Waals surface area contributed by atoms with Crippen LogP contribution >= 0.6 is 0 Å². The van der Waals surface area contributed by atoms with Gasteiger partial charge < -0.3 is 9.32 Å². The van der Waals surface area contributed by atoms with Gasteiger partial charge in [-0.05, 0) is 17.7 Å². The molecule has 0 saturated carbocycles. The van der Waals surface area contributed by atoms with Crippen LogP contribution in [0.25, 0.3) is 0 Å². The molecule has 1 saturated heterocycles. The van der Waals surface area contributed by atoms with Crippen LogP contribution in [0.5, 0.6) is 0 Å². The Hall–Kier alpha value is -2.93. The second kappa shape index (κ2) is 7.75. The first-order valence-corrected chi connectivity index (χ1v) is 9.17. The van der Waals surface area contributed by atoms with Crippen LogP contribution in [0.4, 0.5) is 0 Å². The number of nitrogens with zero attached hydrogens (tertiary/aromatic N) is 4. The summed E-state index contributed by atoms with van der Waals surface area (Å²) < 4.78 is 5.18. The molecule has 1 fully saturated rings. The fraction of sp³-hybridized carbons (Fsp3) is 0.350. The summed E-state index contributed by atoms with van der Waals surface area (Å²) in [5, 5.41) is 5.88. The number of carbonyl (C=O) groups is 2. The molecule has 4 rings (SSSR count). The predicted molar refractivity (Wildman–Crippen MR) is 100 cm³/mol. The summed E-state index contributed by atoms with van der Waals surface area (Å²) in [4.78, 5) is 28.9. The van der Waals surface area contributed by atoms with E-state index in [1.54, 1.807) is 28.3 Å². The molecule has 1 atom stereocenters. The summed E-state index contributed by atoms with van der Waals surface area (Å²) in [6, 6.07) is 13.3. The monoisotopic (exact) mass is 366 g/mol. The van der Waals surface area contributed by atoms with Crippen molar-refractivity contribution in [2.24, 2.45) is 5.10 Å². The molecule has 0 bridgehead atoms. The lowest BCUT2D eigenvalue weighted by atomic mass is 10.0. The number of furan rings is 1. The minimum Gasteiger partial charge on any atom is -0.459 e. The second-order valence-corrected chi connectivity index (χ2v) is 6.74. The Kier molecular flexibility index (Phi) is 5.02. The second-order valence-electron chi connectivity index (χ2n) is 6.74. The Bertz CT molecular complexity index is 811. The van der Waals surface area contributed by atoms with E-state index in [4.69, 9.17) is 4.42 Å². The van der Waals surface area contributed by atoms with E-state index in [0.29, 0.717) is 38.5 Å². The highest BCUT2D eigenvalue weighted by atomic mass is 16.3. The van der Waals surface area contributed by atoms with Crippen LogP contribution in [0.1, 0.15) is 28.6 Å². The predicted octanol–water partition coefficient (Wildman–Crippen LogP) is 2.00. The van der Waals surface area contributed by atoms with Gasteiger partial charge in [0, 0.05) is 38.8 Å². The number of hydrazone groups is 1. The van der Waals surface area contributed by atoms with Crippen LogP contribution in [0, 0.1) is 0 Å². The topological polar surface area (TPSA) is 69.4 Å². The van der Waals surface area contributed by atoms with E-state index in [-0.39, 0.29) is 17.9 Å². The van der Waals surface area contributed by atoms with Crippen molar-refractivity contribution in [1.29, 1.82) is 0 Å². The van der Waals surface area contributed by atoms with Crippen molar-refractivity contribution in [3.05, 3.63) is 60.1 Å². The number of benzene rings is 1. The number of amides is 2. The zero-order valence-corrected chi connectivity index (χ0v) is 15.0. The fourth-order valence-electron chi connectivity index (χ4n) is 3.53. The molecule has 2 aliphatic rings. The van der Waals surface area contributed by atoms with E-state index in [1.807, 2.05) is 30.3 Å². The molecule has 27 heavy (non-hydrogen) atoms. The van der Waals surface area contributed by atoms with Gasteiger partial charge in [0.1, 0.15) is 0 Å². The van der Waals surface area contributed by atoms with Crippen molar-refractivity contribution in [1.82, 2.24) is 14.8 Å². The van der Waals surface area contributed by atoms with E-state index in [2.05, 4.69) is 10.0 Å². The zero-order valence-electron chi connectivity index (χ0n) is 15.0. The Morgan fingerprint density at radius 1 is 1.04 bits per heavy atom. The Morgan fingerprint density at radius 2 is 1.81 bits per heavy atom. The maximum Gasteiger partial charge on any atom is 0.289 e. The van der Waals surface area contributed by atoms with Crippen molar-refractivity contribution in [2.75, 3.05) is 32.7 Å². The van der Waals surface area contributed by atoms with E-state index in [1.165, 1.54) is 6.26 Å². The van der Waals surface area contributed by atoms with E-state index in [9.17, 15) is 9.59 Å². The van der Waals surface area contributed by atoms with Gasteiger partial charge in [0.2, 0.25) is 0 Å². The Labute approximate surface area is 157 Å². The lowest BCUT2D eigenvalue weighted by molar-refractivity contribution is -0.134. The van der Waals surface area contributed by atoms with Gasteiger partial charge in [-0.2, -0.15) is 5.10 Å². The smallest absolute Gasteiger partial charge is 0.289 e. The van der Waals surface area contributed by atoms with Gasteiger partial charge in [0.05, 0.1) is 18.8 Å². The van der Waals surface area contributed by atoms with Crippen molar-refractivity contribution in [3.63, 3.8) is 0 Å². The summed E-state index contributed by atoms with van der Waals surface area (Å²) in [5.41, 5.74) is 1.09. The summed E-state index contributed by atoms with van der Waals surface area (Å²) in [6.07, 6.45) is 4.04. The summed E-state index contributed by atoms with van der Waals surface area (Å²) in [6.45, 7) is 2.79. The van der Waals surface area contributed by atoms with Crippen LogP contribution in [0.15, 0.2) is 58.2 Å². The van der Waals surface area contributed by atoms with Crippen molar-refractivity contribution in [3.8, 4) is 0 Å². The molecule has 0 radical (unpaired) electrons. The van der Waals surface area contributed by atoms with Gasteiger partial charge in [-0.15, -0.1) is 0 Å². The van der Waals surface area contributed by atoms with E-state index in [0.717, 1.165) is 12.0 Å². The molecule has 2 aliphatic heterocycles. The molecule has 0 spiro atoms. The van der Waals surface area contributed by atoms with Gasteiger partial charge in [0.25, 0.3) is 11.8 Å². The molecule has 2 aromatic rings. The SMILES string of the molecule is O=C(c1ccco1)N1CCN(CC(=O)N2N=CC[C@H]2c2ccccc2)CC1. The fourth-order valence-corrected chi connectivity index (χ4v) is 3.53. The van der Waals surface area contributed by atoms with Gasteiger partial charge in [-0.3, -0.25) is 14.5 Å². The number of hydrogen-bond acceptors (Lipinski definition) is 5. The molecule has 2 amide bonds. The quantitative estimate of drug-likeness (QED) is 0.830. The third-order valence-corrected chi connectivity index (χ3v) is 5.02. The third kappa shape index (κ3) is 3.78. The molecule has 0 aliphatic carbocycles. The lowest BCUT2D eigenvalue weighted by Gasteiger charge is -2.34. The van der Waals surface area contributed by atoms with Crippen LogP contribution in [0.3, 0.4) is 0 Å². The van der Waals surface area contributed by atoms with Crippen LogP contribution < -0.4 is 0 Å². The largest absolute Gasteiger partial charge is 0.459 e. The highest BCUT2D eigenvalue weighted by Crippen LogP contribution is 2.28. The number of hydrogen-bond donors (Lipinski definition) is 0. The first-order valence-electron chi connectivity index (χ1n) is 9.17.